The summed E-state index contributed by atoms with van der Waals surface area (Å²) in [7, 11) is 0. The third kappa shape index (κ3) is 6.79. The molecule has 41 heavy (non-hydrogen) atoms. The molecule has 17 heteroatoms. The summed E-state index contributed by atoms with van der Waals surface area (Å²) in [6.07, 6.45) is 0.930. The van der Waals surface area contributed by atoms with E-state index in [1.165, 1.54) is 24.3 Å². The van der Waals surface area contributed by atoms with E-state index in [9.17, 15) is 35.4 Å². The summed E-state index contributed by atoms with van der Waals surface area (Å²) in [5.74, 6) is -0.836. The van der Waals surface area contributed by atoms with E-state index in [1.54, 1.807) is 0 Å². The van der Waals surface area contributed by atoms with Gasteiger partial charge in [-0.3, -0.25) is 30.3 Å². The van der Waals surface area contributed by atoms with Crippen molar-refractivity contribution in [3.05, 3.63) is 102 Å². The molecule has 0 aliphatic carbocycles. The lowest BCUT2D eigenvalue weighted by molar-refractivity contribution is -0.394. The highest BCUT2D eigenvalue weighted by molar-refractivity contribution is 5.87. The number of aromatic hydroxyl groups is 1. The number of aryl methyl sites for hydroxylation is 2. The van der Waals surface area contributed by atoms with Gasteiger partial charge in [0.2, 0.25) is 23.6 Å². The number of non-ortho nitro benzene ring substituents is 2. The molecule has 4 aromatic rings. The molecular weight excluding hydrogens is 540 g/mol. The Morgan fingerprint density at radius 1 is 0.732 bits per heavy atom. The molecule has 0 fully saturated rings. The topological polar surface area (TPSA) is 237 Å². The molecule has 0 aliphatic rings. The Labute approximate surface area is 230 Å². The molecule has 4 N–H and O–H groups in total. The number of aromatic nitrogens is 3. The minimum absolute atomic E-state index is 0.0201. The van der Waals surface area contributed by atoms with Crippen molar-refractivity contribution in [2.45, 2.75) is 13.8 Å². The van der Waals surface area contributed by atoms with Crippen LogP contribution in [0.5, 0.6) is 5.75 Å². The van der Waals surface area contributed by atoms with Gasteiger partial charge in [-0.2, -0.15) is 20.1 Å². The fourth-order valence-corrected chi connectivity index (χ4v) is 3.41. The minimum atomic E-state index is -0.958. The average Bonchev–Trinajstić information content (AvgIpc) is 2.91. The van der Waals surface area contributed by atoms with Crippen LogP contribution in [-0.4, -0.2) is 41.0 Å². The second-order valence-corrected chi connectivity index (χ2v) is 8.45. The standard InChI is InChI=1S/C24H20N10O7/c1-13-3-4-17(9-14(13)2)27-23-28-22(26-16-5-7-18(8-6-16)32(36)37)29-24(30-23)31-25-12-15-10-19(33(38)39)11-20(21(15)35)34(40)41/h3-12,35H,1-2H3,(H3,26,27,28,29,30,31)/b25-12-. The molecule has 208 valence electrons. The van der Waals surface area contributed by atoms with Crippen LogP contribution in [0.15, 0.2) is 59.7 Å². The highest BCUT2D eigenvalue weighted by atomic mass is 16.6. The molecular formula is C24H20N10O7. The maximum atomic E-state index is 11.2. The Kier molecular flexibility index (Phi) is 7.88. The van der Waals surface area contributed by atoms with Crippen LogP contribution in [0.2, 0.25) is 0 Å². The number of benzene rings is 3. The van der Waals surface area contributed by atoms with E-state index in [2.05, 4.69) is 36.1 Å². The van der Waals surface area contributed by atoms with Crippen LogP contribution in [0, 0.1) is 44.2 Å². The van der Waals surface area contributed by atoms with Gasteiger partial charge in [-0.25, -0.2) is 5.43 Å². The first-order valence-electron chi connectivity index (χ1n) is 11.6. The SMILES string of the molecule is Cc1ccc(Nc2nc(N/N=C\c3cc([N+](=O)[O-])cc([N+](=O)[O-])c3O)nc(Nc3ccc([N+](=O)[O-])cc3)n2)cc1C. The van der Waals surface area contributed by atoms with Gasteiger partial charge in [-0.15, -0.1) is 0 Å². The van der Waals surface area contributed by atoms with Gasteiger partial charge in [-0.1, -0.05) is 6.07 Å². The van der Waals surface area contributed by atoms with Crippen molar-refractivity contribution in [2.24, 2.45) is 5.10 Å². The number of phenols is 1. The molecule has 1 aromatic heterocycles. The number of nitrogens with one attached hydrogen (secondary N) is 3. The van der Waals surface area contributed by atoms with Crippen molar-refractivity contribution in [3.8, 4) is 5.75 Å². The number of nitrogens with zero attached hydrogens (tertiary/aromatic N) is 7. The minimum Gasteiger partial charge on any atom is -0.502 e. The molecule has 0 unspecified atom stereocenters. The Bertz CT molecular complexity index is 1690. The Morgan fingerprint density at radius 3 is 1.90 bits per heavy atom. The van der Waals surface area contributed by atoms with Crippen LogP contribution in [0.4, 0.5) is 46.3 Å². The fourth-order valence-electron chi connectivity index (χ4n) is 3.41. The van der Waals surface area contributed by atoms with E-state index in [4.69, 9.17) is 0 Å². The maximum Gasteiger partial charge on any atom is 0.318 e. The molecule has 0 bridgehead atoms. The molecule has 3 aromatic carbocycles. The molecule has 0 amide bonds. The summed E-state index contributed by atoms with van der Waals surface area (Å²) >= 11 is 0. The number of nitro benzene ring substituents is 3. The summed E-state index contributed by atoms with van der Waals surface area (Å²) in [5, 5.41) is 53.3. The van der Waals surface area contributed by atoms with Gasteiger partial charge in [0.25, 0.3) is 11.4 Å². The third-order valence-corrected chi connectivity index (χ3v) is 5.61. The van der Waals surface area contributed by atoms with Crippen molar-refractivity contribution < 1.29 is 19.9 Å². The predicted molar refractivity (Wildman–Crippen MR) is 148 cm³/mol. The lowest BCUT2D eigenvalue weighted by Gasteiger charge is -2.11. The number of hydrogen-bond acceptors (Lipinski definition) is 14. The molecule has 1 heterocycles. The number of hydrogen-bond donors (Lipinski definition) is 4. The van der Waals surface area contributed by atoms with Crippen LogP contribution in [0.1, 0.15) is 16.7 Å². The van der Waals surface area contributed by atoms with E-state index >= 15 is 0 Å². The van der Waals surface area contributed by atoms with Crippen LogP contribution >= 0.6 is 0 Å². The quantitative estimate of drug-likeness (QED) is 0.115. The van der Waals surface area contributed by atoms with Crippen LogP contribution in [-0.2, 0) is 0 Å². The van der Waals surface area contributed by atoms with E-state index in [-0.39, 0.29) is 29.1 Å². The van der Waals surface area contributed by atoms with Crippen molar-refractivity contribution in [1.29, 1.82) is 0 Å². The molecule has 17 nitrogen and oxygen atoms in total. The van der Waals surface area contributed by atoms with E-state index in [0.29, 0.717) is 17.4 Å². The summed E-state index contributed by atoms with van der Waals surface area (Å²) < 4.78 is 0. The van der Waals surface area contributed by atoms with Gasteiger partial charge in [0.05, 0.1) is 32.6 Å². The molecule has 0 radical (unpaired) electrons. The summed E-state index contributed by atoms with van der Waals surface area (Å²) in [6.45, 7) is 3.90. The second kappa shape index (κ2) is 11.6. The third-order valence-electron chi connectivity index (χ3n) is 5.61. The molecule has 0 saturated heterocycles. The van der Waals surface area contributed by atoms with Gasteiger partial charge < -0.3 is 15.7 Å². The fraction of sp³-hybridized carbons (Fsp3) is 0.0833. The van der Waals surface area contributed by atoms with E-state index < -0.39 is 31.9 Å². The predicted octanol–water partition coefficient (Wildman–Crippen LogP) is 4.85. The van der Waals surface area contributed by atoms with Crippen molar-refractivity contribution in [3.63, 3.8) is 0 Å². The molecule has 0 aliphatic heterocycles. The van der Waals surface area contributed by atoms with Gasteiger partial charge >= 0.3 is 5.69 Å². The van der Waals surface area contributed by atoms with Gasteiger partial charge in [0.15, 0.2) is 0 Å². The number of hydrazone groups is 1. The zero-order valence-corrected chi connectivity index (χ0v) is 21.3. The van der Waals surface area contributed by atoms with Crippen molar-refractivity contribution in [2.75, 3.05) is 16.1 Å². The summed E-state index contributed by atoms with van der Waals surface area (Å²) in [6, 6.07) is 12.7. The smallest absolute Gasteiger partial charge is 0.318 e. The van der Waals surface area contributed by atoms with Crippen LogP contribution < -0.4 is 16.1 Å². The maximum absolute atomic E-state index is 11.2. The number of nitro groups is 3. The first-order valence-corrected chi connectivity index (χ1v) is 11.6. The lowest BCUT2D eigenvalue weighted by atomic mass is 10.1. The van der Waals surface area contributed by atoms with E-state index in [1.807, 2.05) is 32.0 Å². The zero-order valence-electron chi connectivity index (χ0n) is 21.3. The largest absolute Gasteiger partial charge is 0.502 e. The molecule has 4 rings (SSSR count). The van der Waals surface area contributed by atoms with Gasteiger partial charge in [-0.05, 0) is 49.2 Å². The first kappa shape index (κ1) is 27.8. The van der Waals surface area contributed by atoms with E-state index in [0.717, 1.165) is 23.4 Å². The Hall–Kier alpha value is -6.26. The Balaban J connectivity index is 1.65. The molecule has 0 spiro atoms. The summed E-state index contributed by atoms with van der Waals surface area (Å²) in [5.41, 5.74) is 3.80. The van der Waals surface area contributed by atoms with Crippen LogP contribution in [0.25, 0.3) is 0 Å². The Morgan fingerprint density at radius 2 is 1.32 bits per heavy atom. The molecule has 0 atom stereocenters. The van der Waals surface area contributed by atoms with Crippen LogP contribution in [0.3, 0.4) is 0 Å². The monoisotopic (exact) mass is 560 g/mol. The number of anilines is 5. The summed E-state index contributed by atoms with van der Waals surface area (Å²) in [4.78, 5) is 43.7. The van der Waals surface area contributed by atoms with Crippen molar-refractivity contribution in [1.82, 2.24) is 15.0 Å². The average molecular weight is 560 g/mol. The number of rotatable bonds is 10. The lowest BCUT2D eigenvalue weighted by Crippen LogP contribution is -2.07. The van der Waals surface area contributed by atoms with Gasteiger partial charge in [0, 0.05) is 29.6 Å². The van der Waals surface area contributed by atoms with Crippen molar-refractivity contribution >= 4 is 52.5 Å². The molecule has 0 saturated carbocycles. The zero-order chi connectivity index (χ0) is 29.7. The highest BCUT2D eigenvalue weighted by Crippen LogP contribution is 2.33. The highest BCUT2D eigenvalue weighted by Gasteiger charge is 2.23. The number of phenolic OH excluding ortho intramolecular Hbond substituents is 1. The normalized spacial score (nSPS) is 10.8. The van der Waals surface area contributed by atoms with Gasteiger partial charge in [0.1, 0.15) is 0 Å². The first-order chi connectivity index (χ1) is 19.5. The second-order valence-electron chi connectivity index (χ2n) is 8.45.